The number of aliphatic imine (C=N–C) groups is 1. The van der Waals surface area contributed by atoms with E-state index < -0.39 is 0 Å². The maximum absolute atomic E-state index is 6.12. The third-order valence-corrected chi connectivity index (χ3v) is 4.56. The molecule has 2 N–H and O–H groups in total. The lowest BCUT2D eigenvalue weighted by Crippen LogP contribution is -2.41. The predicted molar refractivity (Wildman–Crippen MR) is 91.6 cm³/mol. The second kappa shape index (κ2) is 6.58. The number of aromatic nitrogens is 3. The molecule has 23 heavy (non-hydrogen) atoms. The lowest BCUT2D eigenvalue weighted by atomic mass is 9.96. The number of nitrogens with zero attached hydrogens (tertiary/aromatic N) is 4. The summed E-state index contributed by atoms with van der Waals surface area (Å²) in [5.41, 5.74) is 1.47. The molecule has 6 nitrogen and oxygen atoms in total. The van der Waals surface area contributed by atoms with Crippen molar-refractivity contribution in [3.63, 3.8) is 0 Å². The van der Waals surface area contributed by atoms with Crippen molar-refractivity contribution in [3.05, 3.63) is 47.0 Å². The van der Waals surface area contributed by atoms with Crippen LogP contribution < -0.4 is 10.6 Å². The van der Waals surface area contributed by atoms with Crippen LogP contribution in [0, 0.1) is 0 Å². The minimum atomic E-state index is 0.174. The number of guanidine groups is 1. The molecule has 0 amide bonds. The molecule has 1 aromatic heterocycles. The monoisotopic (exact) mass is 332 g/mol. The fourth-order valence-corrected chi connectivity index (χ4v) is 2.84. The molecule has 3 rings (SSSR count). The van der Waals surface area contributed by atoms with Crippen LogP contribution in [0.15, 0.2) is 35.6 Å². The smallest absolute Gasteiger partial charge is 0.191 e. The van der Waals surface area contributed by atoms with E-state index in [0.29, 0.717) is 6.54 Å². The zero-order valence-corrected chi connectivity index (χ0v) is 14.1. The van der Waals surface area contributed by atoms with Gasteiger partial charge in [0.25, 0.3) is 0 Å². The van der Waals surface area contributed by atoms with Gasteiger partial charge in [0.15, 0.2) is 5.96 Å². The molecule has 1 saturated carbocycles. The molecule has 0 aliphatic heterocycles. The number of nitrogens with one attached hydrogen (secondary N) is 2. The fraction of sp³-hybridized carbons (Fsp3) is 0.438. The summed E-state index contributed by atoms with van der Waals surface area (Å²) < 4.78 is 1.74. The van der Waals surface area contributed by atoms with Crippen molar-refractivity contribution in [2.45, 2.75) is 24.8 Å². The molecule has 1 heterocycles. The summed E-state index contributed by atoms with van der Waals surface area (Å²) in [6.07, 6.45) is 3.88. The average molecular weight is 333 g/mol. The van der Waals surface area contributed by atoms with Crippen molar-refractivity contribution >= 4 is 17.6 Å². The predicted octanol–water partition coefficient (Wildman–Crippen LogP) is 1.87. The third-order valence-electron chi connectivity index (χ3n) is 4.33. The molecule has 0 spiro atoms. The van der Waals surface area contributed by atoms with Crippen LogP contribution in [0.2, 0.25) is 5.02 Å². The SMILES string of the molecule is CN=C(NCc1ncnn1C)NCC1(c2cccc(Cl)c2)CC1. The summed E-state index contributed by atoms with van der Waals surface area (Å²) in [4.78, 5) is 8.46. The maximum atomic E-state index is 6.12. The summed E-state index contributed by atoms with van der Waals surface area (Å²) in [6, 6.07) is 8.14. The van der Waals surface area contributed by atoms with Gasteiger partial charge in [-0.1, -0.05) is 23.7 Å². The summed E-state index contributed by atoms with van der Waals surface area (Å²) in [6.45, 7) is 1.42. The molecule has 0 atom stereocenters. The van der Waals surface area contributed by atoms with Crippen LogP contribution in [0.3, 0.4) is 0 Å². The zero-order chi connectivity index (χ0) is 16.3. The van der Waals surface area contributed by atoms with Crippen LogP contribution in [0.5, 0.6) is 0 Å². The molecule has 1 aliphatic rings. The Hall–Kier alpha value is -2.08. The van der Waals surface area contributed by atoms with Crippen LogP contribution in [0.1, 0.15) is 24.2 Å². The van der Waals surface area contributed by atoms with Crippen molar-refractivity contribution in [2.75, 3.05) is 13.6 Å². The summed E-state index contributed by atoms with van der Waals surface area (Å²) in [5, 5.41) is 11.5. The van der Waals surface area contributed by atoms with E-state index in [0.717, 1.165) is 23.4 Å². The highest BCUT2D eigenvalue weighted by Crippen LogP contribution is 2.48. The van der Waals surface area contributed by atoms with Gasteiger partial charge in [0.05, 0.1) is 6.54 Å². The Balaban J connectivity index is 1.57. The van der Waals surface area contributed by atoms with Crippen LogP contribution in [-0.2, 0) is 19.0 Å². The fourth-order valence-electron chi connectivity index (χ4n) is 2.65. The van der Waals surface area contributed by atoms with Gasteiger partial charge in [-0.15, -0.1) is 0 Å². The van der Waals surface area contributed by atoms with Crippen LogP contribution >= 0.6 is 11.6 Å². The van der Waals surface area contributed by atoms with Crippen LogP contribution in [0.25, 0.3) is 0 Å². The standard InChI is InChI=1S/C16H21ClN6/c1-18-15(19-9-14-21-11-22-23(14)2)20-10-16(6-7-16)12-4-3-5-13(17)8-12/h3-5,8,11H,6-7,9-10H2,1-2H3,(H2,18,19,20). The highest BCUT2D eigenvalue weighted by Gasteiger charge is 2.44. The molecular formula is C16H21ClN6. The molecule has 0 radical (unpaired) electrons. The maximum Gasteiger partial charge on any atom is 0.191 e. The molecule has 0 unspecified atom stereocenters. The molecule has 1 fully saturated rings. The van der Waals surface area contributed by atoms with Gasteiger partial charge in [-0.2, -0.15) is 5.10 Å². The first-order valence-electron chi connectivity index (χ1n) is 7.66. The van der Waals surface area contributed by atoms with Crippen molar-refractivity contribution in [1.82, 2.24) is 25.4 Å². The van der Waals surface area contributed by atoms with Gasteiger partial charge in [0.1, 0.15) is 12.2 Å². The Morgan fingerprint density at radius 3 is 2.83 bits per heavy atom. The van der Waals surface area contributed by atoms with Crippen LogP contribution in [0.4, 0.5) is 0 Å². The Kier molecular flexibility index (Phi) is 4.52. The van der Waals surface area contributed by atoms with E-state index in [9.17, 15) is 0 Å². The molecule has 122 valence electrons. The second-order valence-corrected chi connectivity index (χ2v) is 6.31. The number of rotatable bonds is 5. The normalized spacial score (nSPS) is 16.2. The van der Waals surface area contributed by atoms with E-state index in [1.54, 1.807) is 18.1 Å². The highest BCUT2D eigenvalue weighted by molar-refractivity contribution is 6.30. The Morgan fingerprint density at radius 2 is 2.22 bits per heavy atom. The van der Waals surface area contributed by atoms with Crippen molar-refractivity contribution in [2.24, 2.45) is 12.0 Å². The molecule has 0 bridgehead atoms. The van der Waals surface area contributed by atoms with Crippen molar-refractivity contribution in [3.8, 4) is 0 Å². The molecule has 2 aromatic rings. The van der Waals surface area contributed by atoms with E-state index in [4.69, 9.17) is 11.6 Å². The quantitative estimate of drug-likeness (QED) is 0.648. The van der Waals surface area contributed by atoms with Gasteiger partial charge in [-0.05, 0) is 30.5 Å². The summed E-state index contributed by atoms with van der Waals surface area (Å²) >= 11 is 6.12. The van der Waals surface area contributed by atoms with E-state index in [2.05, 4.69) is 37.8 Å². The highest BCUT2D eigenvalue weighted by atomic mass is 35.5. The van der Waals surface area contributed by atoms with Crippen LogP contribution in [-0.4, -0.2) is 34.3 Å². The van der Waals surface area contributed by atoms with Gasteiger partial charge in [0, 0.05) is 31.1 Å². The van der Waals surface area contributed by atoms with Gasteiger partial charge < -0.3 is 10.6 Å². The minimum Gasteiger partial charge on any atom is -0.356 e. The largest absolute Gasteiger partial charge is 0.356 e. The second-order valence-electron chi connectivity index (χ2n) is 5.87. The topological polar surface area (TPSA) is 67.1 Å². The van der Waals surface area contributed by atoms with Gasteiger partial charge in [-0.25, -0.2) is 4.98 Å². The first kappa shape index (κ1) is 15.8. The number of hydrogen-bond donors (Lipinski definition) is 2. The molecule has 1 aromatic carbocycles. The molecule has 7 heteroatoms. The number of halogens is 1. The van der Waals surface area contributed by atoms with E-state index in [1.807, 2.05) is 19.2 Å². The van der Waals surface area contributed by atoms with E-state index in [-0.39, 0.29) is 5.41 Å². The van der Waals surface area contributed by atoms with Crippen molar-refractivity contribution < 1.29 is 0 Å². The Labute approximate surface area is 141 Å². The van der Waals surface area contributed by atoms with E-state index in [1.165, 1.54) is 18.4 Å². The molecule has 0 saturated heterocycles. The van der Waals surface area contributed by atoms with Gasteiger partial charge >= 0.3 is 0 Å². The molecule has 1 aliphatic carbocycles. The van der Waals surface area contributed by atoms with E-state index >= 15 is 0 Å². The number of benzene rings is 1. The number of aryl methyl sites for hydroxylation is 1. The van der Waals surface area contributed by atoms with Crippen molar-refractivity contribution in [1.29, 1.82) is 0 Å². The average Bonchev–Trinajstić information content (AvgIpc) is 3.24. The Morgan fingerprint density at radius 1 is 1.39 bits per heavy atom. The first-order valence-corrected chi connectivity index (χ1v) is 8.04. The molecular weight excluding hydrogens is 312 g/mol. The summed E-state index contributed by atoms with van der Waals surface area (Å²) in [5.74, 6) is 1.63. The third kappa shape index (κ3) is 3.64. The van der Waals surface area contributed by atoms with Gasteiger partial charge in [-0.3, -0.25) is 9.67 Å². The lowest BCUT2D eigenvalue weighted by Gasteiger charge is -2.19. The number of hydrogen-bond acceptors (Lipinski definition) is 3. The first-order chi connectivity index (χ1) is 11.1. The summed E-state index contributed by atoms with van der Waals surface area (Å²) in [7, 11) is 3.64. The lowest BCUT2D eigenvalue weighted by molar-refractivity contribution is 0.634. The van der Waals surface area contributed by atoms with Gasteiger partial charge in [0.2, 0.25) is 0 Å². The Bertz CT molecular complexity index is 704. The minimum absolute atomic E-state index is 0.174. The zero-order valence-electron chi connectivity index (χ0n) is 13.4.